The van der Waals surface area contributed by atoms with Gasteiger partial charge < -0.3 is 14.2 Å². The van der Waals surface area contributed by atoms with Crippen molar-refractivity contribution >= 4 is 11.7 Å². The average Bonchev–Trinajstić information content (AvgIpc) is 3.29. The van der Waals surface area contributed by atoms with Crippen LogP contribution in [-0.2, 0) is 6.61 Å². The van der Waals surface area contributed by atoms with Gasteiger partial charge in [0.2, 0.25) is 0 Å². The third-order valence-corrected chi connectivity index (χ3v) is 5.85. The maximum atomic E-state index is 12.8. The number of hydrogen-bond donors (Lipinski definition) is 0. The number of aryl methyl sites for hydroxylation is 2. The number of piperidine rings is 1. The predicted octanol–water partition coefficient (Wildman–Crippen LogP) is 4.61. The second-order valence-corrected chi connectivity index (χ2v) is 8.01. The van der Waals surface area contributed by atoms with E-state index in [-0.39, 0.29) is 29.9 Å². The monoisotopic (exact) mass is 418 g/mol. The van der Waals surface area contributed by atoms with Gasteiger partial charge in [0.15, 0.2) is 17.2 Å². The lowest BCUT2D eigenvalue weighted by Gasteiger charge is -2.30. The highest BCUT2D eigenvalue weighted by molar-refractivity contribution is 5.98. The third-order valence-electron chi connectivity index (χ3n) is 5.85. The molecule has 6 nitrogen and oxygen atoms in total. The van der Waals surface area contributed by atoms with Crippen molar-refractivity contribution in [1.82, 2.24) is 10.1 Å². The number of ketones is 1. The number of carbonyl (C=O) groups is 2. The van der Waals surface area contributed by atoms with Gasteiger partial charge in [-0.2, -0.15) is 0 Å². The average molecular weight is 418 g/mol. The molecule has 1 saturated heterocycles. The standard InChI is InChI=1S/C25H26N2O4/c1-17-8-9-21(14-18(17)2)30-16-22-15-23(26-31-22)25(29)27-12-10-20(11-13-27)24(28)19-6-4-3-5-7-19/h3-9,14-15,20H,10-13,16H2,1-2H3. The van der Waals surface area contributed by atoms with Crippen LogP contribution in [-0.4, -0.2) is 34.8 Å². The van der Waals surface area contributed by atoms with Gasteiger partial charge in [0, 0.05) is 30.6 Å². The quantitative estimate of drug-likeness (QED) is 0.547. The van der Waals surface area contributed by atoms with Crippen molar-refractivity contribution in [3.8, 4) is 5.75 Å². The number of carbonyl (C=O) groups excluding carboxylic acids is 2. The molecule has 0 unspecified atom stereocenters. The van der Waals surface area contributed by atoms with Crippen LogP contribution in [0.4, 0.5) is 0 Å². The van der Waals surface area contributed by atoms with Crippen molar-refractivity contribution in [2.45, 2.75) is 33.3 Å². The van der Waals surface area contributed by atoms with Crippen LogP contribution in [0, 0.1) is 19.8 Å². The van der Waals surface area contributed by atoms with Crippen LogP contribution in [0.25, 0.3) is 0 Å². The molecule has 0 atom stereocenters. The fourth-order valence-electron chi connectivity index (χ4n) is 3.78. The van der Waals surface area contributed by atoms with Gasteiger partial charge in [0.05, 0.1) is 0 Å². The molecule has 160 valence electrons. The van der Waals surface area contributed by atoms with E-state index < -0.39 is 0 Å². The summed E-state index contributed by atoms with van der Waals surface area (Å²) in [6.07, 6.45) is 1.31. The largest absolute Gasteiger partial charge is 0.486 e. The number of rotatable bonds is 6. The Hall–Kier alpha value is -3.41. The van der Waals surface area contributed by atoms with Gasteiger partial charge in [-0.1, -0.05) is 41.6 Å². The highest BCUT2D eigenvalue weighted by Gasteiger charge is 2.29. The Kier molecular flexibility index (Phi) is 6.16. The van der Waals surface area contributed by atoms with Crippen LogP contribution in [0.3, 0.4) is 0 Å². The molecule has 4 rings (SSSR count). The Bertz CT molecular complexity index is 1070. The molecule has 31 heavy (non-hydrogen) atoms. The van der Waals surface area contributed by atoms with Crippen molar-refractivity contribution in [2.24, 2.45) is 5.92 Å². The molecule has 0 bridgehead atoms. The molecule has 1 fully saturated rings. The Morgan fingerprint density at radius 3 is 2.48 bits per heavy atom. The van der Waals surface area contributed by atoms with E-state index in [9.17, 15) is 9.59 Å². The number of benzene rings is 2. The zero-order chi connectivity index (χ0) is 21.8. The first-order valence-electron chi connectivity index (χ1n) is 10.6. The van der Waals surface area contributed by atoms with Crippen LogP contribution in [0.2, 0.25) is 0 Å². The van der Waals surface area contributed by atoms with Gasteiger partial charge >= 0.3 is 0 Å². The van der Waals surface area contributed by atoms with Gasteiger partial charge in [-0.15, -0.1) is 0 Å². The summed E-state index contributed by atoms with van der Waals surface area (Å²) in [5.74, 6) is 1.17. The molecule has 0 N–H and O–H groups in total. The summed E-state index contributed by atoms with van der Waals surface area (Å²) in [6, 6.07) is 16.8. The van der Waals surface area contributed by atoms with Gasteiger partial charge in [-0.3, -0.25) is 9.59 Å². The Morgan fingerprint density at radius 1 is 1.03 bits per heavy atom. The molecule has 0 aliphatic carbocycles. The molecule has 0 spiro atoms. The van der Waals surface area contributed by atoms with E-state index in [0.29, 0.717) is 31.7 Å². The van der Waals surface area contributed by atoms with Gasteiger partial charge in [0.1, 0.15) is 12.4 Å². The van der Waals surface area contributed by atoms with Gasteiger partial charge in [-0.25, -0.2) is 0 Å². The molecule has 2 heterocycles. The minimum Gasteiger partial charge on any atom is -0.486 e. The summed E-state index contributed by atoms with van der Waals surface area (Å²) in [5.41, 5.74) is 3.36. The minimum atomic E-state index is -0.174. The molecular weight excluding hydrogens is 392 g/mol. The lowest BCUT2D eigenvalue weighted by Crippen LogP contribution is -2.40. The SMILES string of the molecule is Cc1ccc(OCc2cc(C(=O)N3CCC(C(=O)c4ccccc4)CC3)no2)cc1C. The fraction of sp³-hybridized carbons (Fsp3) is 0.320. The zero-order valence-electron chi connectivity index (χ0n) is 17.8. The van der Waals surface area contributed by atoms with Crippen molar-refractivity contribution in [2.75, 3.05) is 13.1 Å². The van der Waals surface area contributed by atoms with Crippen LogP contribution < -0.4 is 4.74 Å². The summed E-state index contributed by atoms with van der Waals surface area (Å²) < 4.78 is 11.0. The van der Waals surface area contributed by atoms with E-state index in [1.54, 1.807) is 11.0 Å². The minimum absolute atomic E-state index is 0.0503. The van der Waals surface area contributed by atoms with Gasteiger partial charge in [0.25, 0.3) is 5.91 Å². The summed E-state index contributed by atoms with van der Waals surface area (Å²) in [6.45, 7) is 5.35. The summed E-state index contributed by atoms with van der Waals surface area (Å²) >= 11 is 0. The first-order valence-corrected chi connectivity index (χ1v) is 10.6. The van der Waals surface area contributed by atoms with E-state index >= 15 is 0 Å². The lowest BCUT2D eigenvalue weighted by atomic mass is 9.89. The highest BCUT2D eigenvalue weighted by atomic mass is 16.5. The molecule has 0 saturated carbocycles. The van der Waals surface area contributed by atoms with Crippen molar-refractivity contribution in [1.29, 1.82) is 0 Å². The molecular formula is C25H26N2O4. The zero-order valence-corrected chi connectivity index (χ0v) is 17.8. The Balaban J connectivity index is 1.31. The molecule has 1 aliphatic rings. The lowest BCUT2D eigenvalue weighted by molar-refractivity contribution is 0.0641. The number of aromatic nitrogens is 1. The van der Waals surface area contributed by atoms with Crippen molar-refractivity contribution < 1.29 is 18.8 Å². The first kappa shape index (κ1) is 20.8. The number of hydrogen-bond acceptors (Lipinski definition) is 5. The van der Waals surface area contributed by atoms with E-state index in [1.165, 1.54) is 5.56 Å². The molecule has 1 aromatic heterocycles. The molecule has 0 radical (unpaired) electrons. The number of Topliss-reactive ketones (excluding diaryl/α,β-unsaturated/α-hetero) is 1. The van der Waals surface area contributed by atoms with E-state index in [1.807, 2.05) is 62.4 Å². The second kappa shape index (κ2) is 9.16. The Labute approximate surface area is 181 Å². The number of ether oxygens (including phenoxy) is 1. The predicted molar refractivity (Wildman–Crippen MR) is 116 cm³/mol. The molecule has 6 heteroatoms. The van der Waals surface area contributed by atoms with E-state index in [4.69, 9.17) is 9.26 Å². The molecule has 2 aromatic carbocycles. The summed E-state index contributed by atoms with van der Waals surface area (Å²) in [7, 11) is 0. The van der Waals surface area contributed by atoms with Crippen molar-refractivity contribution in [3.63, 3.8) is 0 Å². The van der Waals surface area contributed by atoms with Crippen LogP contribution in [0.15, 0.2) is 59.1 Å². The molecule has 1 aliphatic heterocycles. The molecule has 3 aromatic rings. The first-order chi connectivity index (χ1) is 15.0. The van der Waals surface area contributed by atoms with E-state index in [0.717, 1.165) is 16.9 Å². The number of amides is 1. The van der Waals surface area contributed by atoms with Gasteiger partial charge in [-0.05, 0) is 49.9 Å². The maximum absolute atomic E-state index is 12.8. The van der Waals surface area contributed by atoms with Crippen LogP contribution in [0.1, 0.15) is 50.6 Å². The smallest absolute Gasteiger partial charge is 0.276 e. The van der Waals surface area contributed by atoms with Crippen LogP contribution >= 0.6 is 0 Å². The number of likely N-dealkylation sites (tertiary alicyclic amines) is 1. The van der Waals surface area contributed by atoms with Crippen LogP contribution in [0.5, 0.6) is 5.75 Å². The summed E-state index contributed by atoms with van der Waals surface area (Å²) in [5, 5.41) is 3.92. The second-order valence-electron chi connectivity index (χ2n) is 8.01. The molecule has 1 amide bonds. The maximum Gasteiger partial charge on any atom is 0.276 e. The topological polar surface area (TPSA) is 72.6 Å². The fourth-order valence-corrected chi connectivity index (χ4v) is 3.78. The summed E-state index contributed by atoms with van der Waals surface area (Å²) in [4.78, 5) is 27.2. The third kappa shape index (κ3) is 4.85. The number of nitrogens with zero attached hydrogens (tertiary/aromatic N) is 2. The van der Waals surface area contributed by atoms with Crippen molar-refractivity contribution in [3.05, 3.63) is 82.7 Å². The highest BCUT2D eigenvalue weighted by Crippen LogP contribution is 2.23. The van der Waals surface area contributed by atoms with E-state index in [2.05, 4.69) is 5.16 Å². The Morgan fingerprint density at radius 2 is 1.77 bits per heavy atom. The normalized spacial score (nSPS) is 14.5.